The molecule has 0 aliphatic rings. The molecule has 0 bridgehead atoms. The van der Waals surface area contributed by atoms with Crippen LogP contribution in [0.3, 0.4) is 0 Å². The maximum absolute atomic E-state index is 3.30. The standard InChI is InChI=1S/C12H15N/c1-3-9(2)11-6-4-5-10-7-8-13-12(10)11/h4-9,13H,3H2,1-2H3/t9-/m1/s1. The molecule has 1 atom stereocenters. The van der Waals surface area contributed by atoms with Crippen molar-refractivity contribution in [1.29, 1.82) is 0 Å². The molecule has 0 saturated carbocycles. The quantitative estimate of drug-likeness (QED) is 0.713. The lowest BCUT2D eigenvalue weighted by molar-refractivity contribution is 0.738. The first-order chi connectivity index (χ1) is 6.33. The number of aromatic amines is 1. The summed E-state index contributed by atoms with van der Waals surface area (Å²) in [6.45, 7) is 4.50. The van der Waals surface area contributed by atoms with Crippen LogP contribution in [-0.2, 0) is 0 Å². The van der Waals surface area contributed by atoms with Gasteiger partial charge in [-0.1, -0.05) is 32.0 Å². The first kappa shape index (κ1) is 8.36. The lowest BCUT2D eigenvalue weighted by atomic mass is 9.97. The summed E-state index contributed by atoms with van der Waals surface area (Å²) in [5.74, 6) is 0.641. The molecule has 0 fully saturated rings. The predicted octanol–water partition coefficient (Wildman–Crippen LogP) is 3.68. The van der Waals surface area contributed by atoms with Crippen molar-refractivity contribution in [3.05, 3.63) is 36.0 Å². The van der Waals surface area contributed by atoms with Crippen molar-refractivity contribution < 1.29 is 0 Å². The molecule has 0 unspecified atom stereocenters. The normalized spacial score (nSPS) is 13.4. The van der Waals surface area contributed by atoms with Crippen LogP contribution in [0, 0.1) is 0 Å². The Morgan fingerprint density at radius 2 is 2.15 bits per heavy atom. The third-order valence-corrected chi connectivity index (χ3v) is 2.76. The number of aromatic nitrogens is 1. The van der Waals surface area contributed by atoms with Crippen molar-refractivity contribution in [3.8, 4) is 0 Å². The minimum Gasteiger partial charge on any atom is -0.361 e. The van der Waals surface area contributed by atoms with E-state index < -0.39 is 0 Å². The Kier molecular flexibility index (Phi) is 2.09. The van der Waals surface area contributed by atoms with Crippen molar-refractivity contribution in [1.82, 2.24) is 4.98 Å². The van der Waals surface area contributed by atoms with Crippen molar-refractivity contribution in [2.75, 3.05) is 0 Å². The molecule has 1 heteroatoms. The van der Waals surface area contributed by atoms with Crippen LogP contribution in [0.15, 0.2) is 30.5 Å². The van der Waals surface area contributed by atoms with Crippen LogP contribution in [0.2, 0.25) is 0 Å². The smallest absolute Gasteiger partial charge is 0.0489 e. The minimum atomic E-state index is 0.641. The van der Waals surface area contributed by atoms with Crippen LogP contribution >= 0.6 is 0 Å². The van der Waals surface area contributed by atoms with Crippen LogP contribution < -0.4 is 0 Å². The Hall–Kier alpha value is -1.24. The largest absolute Gasteiger partial charge is 0.361 e. The summed E-state index contributed by atoms with van der Waals surface area (Å²) in [7, 11) is 0. The van der Waals surface area contributed by atoms with E-state index in [1.807, 2.05) is 6.20 Å². The summed E-state index contributed by atoms with van der Waals surface area (Å²) in [6, 6.07) is 8.63. The number of benzene rings is 1. The predicted molar refractivity (Wildman–Crippen MR) is 57.0 cm³/mol. The number of nitrogens with one attached hydrogen (secondary N) is 1. The Bertz CT molecular complexity index is 400. The van der Waals surface area contributed by atoms with E-state index in [0.29, 0.717) is 5.92 Å². The van der Waals surface area contributed by atoms with Crippen LogP contribution in [0.4, 0.5) is 0 Å². The van der Waals surface area contributed by atoms with Gasteiger partial charge in [0, 0.05) is 11.7 Å². The SMILES string of the molecule is CC[C@@H](C)c1cccc2cc[nH]c12. The summed E-state index contributed by atoms with van der Waals surface area (Å²) in [5.41, 5.74) is 2.74. The number of hydrogen-bond donors (Lipinski definition) is 1. The number of rotatable bonds is 2. The van der Waals surface area contributed by atoms with Gasteiger partial charge in [-0.25, -0.2) is 0 Å². The molecule has 0 aliphatic carbocycles. The van der Waals surface area contributed by atoms with Gasteiger partial charge in [-0.15, -0.1) is 0 Å². The van der Waals surface area contributed by atoms with E-state index in [2.05, 4.69) is 43.1 Å². The van der Waals surface area contributed by atoms with E-state index in [4.69, 9.17) is 0 Å². The second kappa shape index (κ2) is 3.25. The second-order valence-corrected chi connectivity index (χ2v) is 3.60. The molecule has 1 aromatic heterocycles. The maximum Gasteiger partial charge on any atom is 0.0489 e. The minimum absolute atomic E-state index is 0.641. The molecular formula is C12H15N. The molecule has 0 spiro atoms. The van der Waals surface area contributed by atoms with Crippen LogP contribution in [0.1, 0.15) is 31.7 Å². The Balaban J connectivity index is 2.60. The van der Waals surface area contributed by atoms with E-state index >= 15 is 0 Å². The average Bonchev–Trinajstić information content (AvgIpc) is 2.63. The fraction of sp³-hybridized carbons (Fsp3) is 0.333. The van der Waals surface area contributed by atoms with Crippen LogP contribution in [-0.4, -0.2) is 4.98 Å². The van der Waals surface area contributed by atoms with Gasteiger partial charge in [0.2, 0.25) is 0 Å². The molecule has 68 valence electrons. The second-order valence-electron chi connectivity index (χ2n) is 3.60. The van der Waals surface area contributed by atoms with Crippen LogP contribution in [0.5, 0.6) is 0 Å². The monoisotopic (exact) mass is 173 g/mol. The summed E-state index contributed by atoms with van der Waals surface area (Å²) >= 11 is 0. The van der Waals surface area contributed by atoms with Crippen molar-refractivity contribution in [2.24, 2.45) is 0 Å². The lowest BCUT2D eigenvalue weighted by Gasteiger charge is -2.09. The highest BCUT2D eigenvalue weighted by Gasteiger charge is 2.07. The van der Waals surface area contributed by atoms with E-state index in [9.17, 15) is 0 Å². The van der Waals surface area contributed by atoms with Gasteiger partial charge in [0.05, 0.1) is 0 Å². The van der Waals surface area contributed by atoms with Crippen molar-refractivity contribution >= 4 is 10.9 Å². The number of hydrogen-bond acceptors (Lipinski definition) is 0. The molecule has 2 rings (SSSR count). The fourth-order valence-corrected chi connectivity index (χ4v) is 1.74. The number of para-hydroxylation sites is 1. The molecule has 2 aromatic rings. The van der Waals surface area contributed by atoms with E-state index in [0.717, 1.165) is 0 Å². The zero-order valence-electron chi connectivity index (χ0n) is 8.17. The average molecular weight is 173 g/mol. The van der Waals surface area contributed by atoms with Crippen molar-refractivity contribution in [3.63, 3.8) is 0 Å². The van der Waals surface area contributed by atoms with Crippen molar-refractivity contribution in [2.45, 2.75) is 26.2 Å². The molecule has 0 radical (unpaired) electrons. The third-order valence-electron chi connectivity index (χ3n) is 2.76. The van der Waals surface area contributed by atoms with Gasteiger partial charge >= 0.3 is 0 Å². The van der Waals surface area contributed by atoms with Gasteiger partial charge in [-0.2, -0.15) is 0 Å². The summed E-state index contributed by atoms with van der Waals surface area (Å²) < 4.78 is 0. The van der Waals surface area contributed by atoms with Gasteiger partial charge in [0.25, 0.3) is 0 Å². The first-order valence-electron chi connectivity index (χ1n) is 4.89. The molecule has 1 heterocycles. The van der Waals surface area contributed by atoms with E-state index in [1.165, 1.54) is 22.9 Å². The zero-order chi connectivity index (χ0) is 9.26. The summed E-state index contributed by atoms with van der Waals surface area (Å²) in [4.78, 5) is 3.30. The molecule has 1 N–H and O–H groups in total. The lowest BCUT2D eigenvalue weighted by Crippen LogP contribution is -1.91. The molecule has 0 saturated heterocycles. The number of fused-ring (bicyclic) bond motifs is 1. The Morgan fingerprint density at radius 1 is 1.31 bits per heavy atom. The van der Waals surface area contributed by atoms with Crippen LogP contribution in [0.25, 0.3) is 10.9 Å². The zero-order valence-corrected chi connectivity index (χ0v) is 8.17. The first-order valence-corrected chi connectivity index (χ1v) is 4.89. The fourth-order valence-electron chi connectivity index (χ4n) is 1.74. The van der Waals surface area contributed by atoms with E-state index in [-0.39, 0.29) is 0 Å². The van der Waals surface area contributed by atoms with Gasteiger partial charge in [0.1, 0.15) is 0 Å². The highest BCUT2D eigenvalue weighted by atomic mass is 14.7. The molecule has 1 nitrogen and oxygen atoms in total. The summed E-state index contributed by atoms with van der Waals surface area (Å²) in [5, 5.41) is 1.32. The highest BCUT2D eigenvalue weighted by molar-refractivity contribution is 5.82. The highest BCUT2D eigenvalue weighted by Crippen LogP contribution is 2.25. The Labute approximate surface area is 78.8 Å². The third kappa shape index (κ3) is 1.35. The van der Waals surface area contributed by atoms with Gasteiger partial charge in [0.15, 0.2) is 0 Å². The maximum atomic E-state index is 3.30. The van der Waals surface area contributed by atoms with E-state index in [1.54, 1.807) is 0 Å². The molecule has 13 heavy (non-hydrogen) atoms. The molecular weight excluding hydrogens is 158 g/mol. The van der Waals surface area contributed by atoms with Gasteiger partial charge < -0.3 is 4.98 Å². The topological polar surface area (TPSA) is 15.8 Å². The molecule has 0 amide bonds. The number of H-pyrrole nitrogens is 1. The molecule has 1 aromatic carbocycles. The van der Waals surface area contributed by atoms with Gasteiger partial charge in [-0.05, 0) is 29.4 Å². The van der Waals surface area contributed by atoms with Gasteiger partial charge in [-0.3, -0.25) is 0 Å². The summed E-state index contributed by atoms with van der Waals surface area (Å²) in [6.07, 6.45) is 3.20. The molecule has 0 aliphatic heterocycles. The Morgan fingerprint density at radius 3 is 2.92 bits per heavy atom.